The quantitative estimate of drug-likeness (QED) is 0.810. The molecule has 0 aliphatic heterocycles. The number of aliphatic hydroxyl groups is 1. The standard InChI is InChI=1S/C15H24O3/c1-12(2)15(3,11-16)9-10-18-14-8-6-5-7-13(14)17-4/h5-8,12,16H,9-11H2,1-4H3. The van der Waals surface area contributed by atoms with Crippen molar-refractivity contribution in [2.24, 2.45) is 11.3 Å². The van der Waals surface area contributed by atoms with Crippen LogP contribution in [0.25, 0.3) is 0 Å². The molecule has 0 saturated heterocycles. The zero-order chi connectivity index (χ0) is 13.6. The molecule has 0 radical (unpaired) electrons. The summed E-state index contributed by atoms with van der Waals surface area (Å²) in [5.74, 6) is 1.92. The number of ether oxygens (including phenoxy) is 2. The van der Waals surface area contributed by atoms with Crippen molar-refractivity contribution in [2.45, 2.75) is 27.2 Å². The minimum atomic E-state index is -0.0952. The monoisotopic (exact) mass is 252 g/mol. The van der Waals surface area contributed by atoms with Gasteiger partial charge in [0.15, 0.2) is 11.5 Å². The van der Waals surface area contributed by atoms with E-state index in [1.165, 1.54) is 0 Å². The molecular formula is C15H24O3. The molecule has 3 nitrogen and oxygen atoms in total. The predicted octanol–water partition coefficient (Wildman–Crippen LogP) is 3.12. The molecule has 1 N–H and O–H groups in total. The van der Waals surface area contributed by atoms with Gasteiger partial charge in [0, 0.05) is 6.61 Å². The number of benzene rings is 1. The summed E-state index contributed by atoms with van der Waals surface area (Å²) in [6, 6.07) is 7.61. The van der Waals surface area contributed by atoms with Crippen LogP contribution >= 0.6 is 0 Å². The lowest BCUT2D eigenvalue weighted by Gasteiger charge is -2.31. The summed E-state index contributed by atoms with van der Waals surface area (Å²) >= 11 is 0. The van der Waals surface area contributed by atoms with Crippen LogP contribution in [-0.4, -0.2) is 25.4 Å². The highest BCUT2D eigenvalue weighted by Gasteiger charge is 2.27. The zero-order valence-electron chi connectivity index (χ0n) is 11.8. The van der Waals surface area contributed by atoms with E-state index >= 15 is 0 Å². The van der Waals surface area contributed by atoms with E-state index in [9.17, 15) is 5.11 Å². The van der Waals surface area contributed by atoms with E-state index in [-0.39, 0.29) is 12.0 Å². The molecule has 0 heterocycles. The third kappa shape index (κ3) is 3.64. The third-order valence-corrected chi connectivity index (χ3v) is 3.75. The Balaban J connectivity index is 2.56. The van der Waals surface area contributed by atoms with E-state index < -0.39 is 0 Å². The number of hydrogen-bond donors (Lipinski definition) is 1. The van der Waals surface area contributed by atoms with Gasteiger partial charge < -0.3 is 14.6 Å². The van der Waals surface area contributed by atoms with Crippen molar-refractivity contribution in [2.75, 3.05) is 20.3 Å². The van der Waals surface area contributed by atoms with Crippen molar-refractivity contribution in [1.29, 1.82) is 0 Å². The highest BCUT2D eigenvalue weighted by atomic mass is 16.5. The molecule has 0 fully saturated rings. The van der Waals surface area contributed by atoms with E-state index in [2.05, 4.69) is 20.8 Å². The molecule has 1 atom stereocenters. The second-order valence-electron chi connectivity index (χ2n) is 5.22. The molecule has 0 aliphatic rings. The lowest BCUT2D eigenvalue weighted by Crippen LogP contribution is -2.29. The van der Waals surface area contributed by atoms with Crippen LogP contribution in [0.3, 0.4) is 0 Å². The molecule has 0 amide bonds. The Morgan fingerprint density at radius 3 is 2.33 bits per heavy atom. The summed E-state index contributed by atoms with van der Waals surface area (Å²) in [6.45, 7) is 7.09. The Kier molecular flexibility index (Phi) is 5.48. The van der Waals surface area contributed by atoms with Crippen molar-refractivity contribution in [3.05, 3.63) is 24.3 Å². The topological polar surface area (TPSA) is 38.7 Å². The molecule has 1 aromatic carbocycles. The van der Waals surface area contributed by atoms with Gasteiger partial charge in [-0.05, 0) is 29.9 Å². The summed E-state index contributed by atoms with van der Waals surface area (Å²) in [6.07, 6.45) is 0.819. The SMILES string of the molecule is COc1ccccc1OCCC(C)(CO)C(C)C. The molecule has 0 aliphatic carbocycles. The van der Waals surface area contributed by atoms with Gasteiger partial charge in [0.1, 0.15) is 0 Å². The number of methoxy groups -OCH3 is 1. The number of rotatable bonds is 7. The summed E-state index contributed by atoms with van der Waals surface area (Å²) in [7, 11) is 1.63. The maximum Gasteiger partial charge on any atom is 0.161 e. The van der Waals surface area contributed by atoms with E-state index in [0.717, 1.165) is 17.9 Å². The van der Waals surface area contributed by atoms with Crippen LogP contribution in [0.1, 0.15) is 27.2 Å². The summed E-state index contributed by atoms with van der Waals surface area (Å²) < 4.78 is 11.0. The van der Waals surface area contributed by atoms with Crippen molar-refractivity contribution >= 4 is 0 Å². The number of hydrogen-bond acceptors (Lipinski definition) is 3. The van der Waals surface area contributed by atoms with Gasteiger partial charge in [-0.2, -0.15) is 0 Å². The number of aliphatic hydroxyl groups excluding tert-OH is 1. The van der Waals surface area contributed by atoms with E-state index in [0.29, 0.717) is 12.5 Å². The van der Waals surface area contributed by atoms with Crippen LogP contribution in [0.4, 0.5) is 0 Å². The maximum absolute atomic E-state index is 9.47. The van der Waals surface area contributed by atoms with Crippen LogP contribution in [0.15, 0.2) is 24.3 Å². The van der Waals surface area contributed by atoms with Gasteiger partial charge in [-0.15, -0.1) is 0 Å². The van der Waals surface area contributed by atoms with Crippen molar-refractivity contribution < 1.29 is 14.6 Å². The molecule has 1 aromatic rings. The zero-order valence-corrected chi connectivity index (χ0v) is 11.8. The molecule has 1 rings (SSSR count). The first-order valence-electron chi connectivity index (χ1n) is 6.40. The Morgan fingerprint density at radius 1 is 1.22 bits per heavy atom. The molecule has 0 bridgehead atoms. The second-order valence-corrected chi connectivity index (χ2v) is 5.22. The average Bonchev–Trinajstić information content (AvgIpc) is 2.38. The van der Waals surface area contributed by atoms with Gasteiger partial charge in [-0.25, -0.2) is 0 Å². The van der Waals surface area contributed by atoms with Crippen LogP contribution in [-0.2, 0) is 0 Å². The lowest BCUT2D eigenvalue weighted by atomic mass is 9.77. The molecule has 18 heavy (non-hydrogen) atoms. The fourth-order valence-corrected chi connectivity index (χ4v) is 1.68. The normalized spacial score (nSPS) is 14.3. The maximum atomic E-state index is 9.47. The smallest absolute Gasteiger partial charge is 0.161 e. The molecule has 102 valence electrons. The summed E-state index contributed by atoms with van der Waals surface area (Å²) in [5.41, 5.74) is -0.0952. The minimum Gasteiger partial charge on any atom is -0.493 e. The second kappa shape index (κ2) is 6.64. The van der Waals surface area contributed by atoms with E-state index in [4.69, 9.17) is 9.47 Å². The number of para-hydroxylation sites is 2. The van der Waals surface area contributed by atoms with Gasteiger partial charge >= 0.3 is 0 Å². The van der Waals surface area contributed by atoms with Crippen LogP contribution in [0.2, 0.25) is 0 Å². The summed E-state index contributed by atoms with van der Waals surface area (Å²) in [5, 5.41) is 9.47. The largest absolute Gasteiger partial charge is 0.493 e. The van der Waals surface area contributed by atoms with Gasteiger partial charge in [0.2, 0.25) is 0 Å². The van der Waals surface area contributed by atoms with E-state index in [1.807, 2.05) is 24.3 Å². The first-order valence-corrected chi connectivity index (χ1v) is 6.40. The Bertz CT molecular complexity index is 363. The van der Waals surface area contributed by atoms with Crippen LogP contribution in [0.5, 0.6) is 11.5 Å². The third-order valence-electron chi connectivity index (χ3n) is 3.75. The average molecular weight is 252 g/mol. The van der Waals surface area contributed by atoms with E-state index in [1.54, 1.807) is 7.11 Å². The van der Waals surface area contributed by atoms with Gasteiger partial charge in [-0.3, -0.25) is 0 Å². The molecule has 0 spiro atoms. The Hall–Kier alpha value is -1.22. The van der Waals surface area contributed by atoms with Gasteiger partial charge in [-0.1, -0.05) is 32.9 Å². The van der Waals surface area contributed by atoms with Crippen LogP contribution in [0, 0.1) is 11.3 Å². The van der Waals surface area contributed by atoms with Crippen molar-refractivity contribution in [1.82, 2.24) is 0 Å². The Morgan fingerprint density at radius 2 is 1.83 bits per heavy atom. The highest BCUT2D eigenvalue weighted by Crippen LogP contribution is 2.31. The fraction of sp³-hybridized carbons (Fsp3) is 0.600. The predicted molar refractivity (Wildman–Crippen MR) is 73.1 cm³/mol. The lowest BCUT2D eigenvalue weighted by molar-refractivity contribution is 0.0687. The highest BCUT2D eigenvalue weighted by molar-refractivity contribution is 5.39. The first kappa shape index (κ1) is 14.8. The van der Waals surface area contributed by atoms with Gasteiger partial charge in [0.25, 0.3) is 0 Å². The van der Waals surface area contributed by atoms with Crippen molar-refractivity contribution in [3.8, 4) is 11.5 Å². The van der Waals surface area contributed by atoms with Crippen molar-refractivity contribution in [3.63, 3.8) is 0 Å². The molecular weight excluding hydrogens is 228 g/mol. The fourth-order valence-electron chi connectivity index (χ4n) is 1.68. The molecule has 0 saturated carbocycles. The molecule has 3 heteroatoms. The Labute approximate surface area is 110 Å². The molecule has 0 aromatic heterocycles. The van der Waals surface area contributed by atoms with Gasteiger partial charge in [0.05, 0.1) is 13.7 Å². The molecule has 1 unspecified atom stereocenters. The first-order chi connectivity index (χ1) is 8.53. The summed E-state index contributed by atoms with van der Waals surface area (Å²) in [4.78, 5) is 0. The van der Waals surface area contributed by atoms with Crippen LogP contribution < -0.4 is 9.47 Å². The minimum absolute atomic E-state index is 0.0952.